The number of nitrogens with two attached hydrogens (primary N) is 2. The number of phenolic OH excluding ortho intramolecular Hbond substituents is 1. The quantitative estimate of drug-likeness (QED) is 0.143. The molecular formula is C24H38N4O6S2. The number of carbonyl (C=O) groups is 4. The Balaban J connectivity index is 2.96. The van der Waals surface area contributed by atoms with Crippen LogP contribution in [0.3, 0.4) is 0 Å². The van der Waals surface area contributed by atoms with Crippen molar-refractivity contribution in [3.05, 3.63) is 29.8 Å². The fraction of sp³-hybridized carbons (Fsp3) is 0.583. The molecule has 0 bridgehead atoms. The summed E-state index contributed by atoms with van der Waals surface area (Å²) < 4.78 is 4.88. The summed E-state index contributed by atoms with van der Waals surface area (Å²) in [5.41, 5.74) is 11.9. The van der Waals surface area contributed by atoms with Gasteiger partial charge in [-0.25, -0.2) is 0 Å². The molecule has 12 heteroatoms. The summed E-state index contributed by atoms with van der Waals surface area (Å²) in [6.07, 6.45) is 4.19. The van der Waals surface area contributed by atoms with Crippen molar-refractivity contribution in [1.82, 2.24) is 10.6 Å². The van der Waals surface area contributed by atoms with Gasteiger partial charge in [0, 0.05) is 5.75 Å². The van der Waals surface area contributed by atoms with E-state index in [-0.39, 0.29) is 29.6 Å². The van der Waals surface area contributed by atoms with E-state index in [9.17, 15) is 24.3 Å². The number of benzene rings is 1. The Morgan fingerprint density at radius 2 is 1.72 bits per heavy atom. The predicted octanol–water partition coefficient (Wildman–Crippen LogP) is 1.46. The van der Waals surface area contributed by atoms with Crippen LogP contribution in [0.15, 0.2) is 24.3 Å². The first-order valence-corrected chi connectivity index (χ1v) is 14.3. The third-order valence-corrected chi connectivity index (χ3v) is 6.73. The second-order valence-electron chi connectivity index (χ2n) is 7.99. The minimum Gasteiger partial charge on any atom is -0.508 e. The molecule has 0 saturated heterocycles. The molecule has 1 aromatic rings. The fourth-order valence-electron chi connectivity index (χ4n) is 3.16. The van der Waals surface area contributed by atoms with Crippen LogP contribution in [0.5, 0.6) is 5.75 Å². The molecule has 0 unspecified atom stereocenters. The van der Waals surface area contributed by atoms with Crippen molar-refractivity contribution in [2.45, 2.75) is 57.2 Å². The van der Waals surface area contributed by atoms with Crippen molar-refractivity contribution in [3.8, 4) is 5.75 Å². The van der Waals surface area contributed by atoms with E-state index in [1.807, 2.05) is 6.26 Å². The van der Waals surface area contributed by atoms with Crippen LogP contribution in [-0.4, -0.2) is 71.0 Å². The van der Waals surface area contributed by atoms with Gasteiger partial charge in [0.1, 0.15) is 17.8 Å². The monoisotopic (exact) mass is 542 g/mol. The van der Waals surface area contributed by atoms with Gasteiger partial charge in [-0.3, -0.25) is 19.2 Å². The maximum absolute atomic E-state index is 13.2. The lowest BCUT2D eigenvalue weighted by Crippen LogP contribution is -2.52. The average Bonchev–Trinajstić information content (AvgIpc) is 2.85. The molecule has 1 rings (SSSR count). The molecule has 0 saturated carbocycles. The molecular weight excluding hydrogens is 504 g/mol. The second-order valence-corrected chi connectivity index (χ2v) is 10.1. The third kappa shape index (κ3) is 12.1. The number of carbonyl (C=O) groups excluding carboxylic acids is 4. The number of nitrogens with one attached hydrogen (secondary N) is 2. The lowest BCUT2D eigenvalue weighted by Gasteiger charge is -2.24. The Hall–Kier alpha value is -2.28. The minimum absolute atomic E-state index is 0.0139. The smallest absolute Gasteiger partial charge is 0.306 e. The first-order chi connectivity index (χ1) is 17.2. The van der Waals surface area contributed by atoms with Gasteiger partial charge in [0.15, 0.2) is 0 Å². The van der Waals surface area contributed by atoms with Crippen LogP contribution >= 0.6 is 23.5 Å². The summed E-state index contributed by atoms with van der Waals surface area (Å²) in [4.78, 5) is 50.5. The number of ether oxygens (including phenoxy) is 1. The third-order valence-electron chi connectivity index (χ3n) is 5.15. The van der Waals surface area contributed by atoms with Gasteiger partial charge in [-0.05, 0) is 62.4 Å². The highest BCUT2D eigenvalue weighted by molar-refractivity contribution is 8.13. The van der Waals surface area contributed by atoms with Crippen molar-refractivity contribution in [2.75, 3.05) is 30.9 Å². The van der Waals surface area contributed by atoms with Gasteiger partial charge >= 0.3 is 5.97 Å². The molecule has 0 radical (unpaired) electrons. The standard InChI is InChI=1S/C24H38N4O6S2/c1-3-34-20(30)12-15-36-24(33)21(16-7-9-17(29)10-8-16)28-23(32)19(11-14-35-2)27-22(31)18(26)6-4-5-13-25/h7-10,18-19,21,29H,3-6,11-15,25-26H2,1-2H3,(H,27,31)(H,28,32)/t18-,19-,21-/m0/s1. The van der Waals surface area contributed by atoms with Crippen LogP contribution in [0.1, 0.15) is 50.6 Å². The molecule has 0 aliphatic rings. The molecule has 2 amide bonds. The molecule has 202 valence electrons. The molecule has 1 aromatic carbocycles. The first kappa shape index (κ1) is 31.7. The summed E-state index contributed by atoms with van der Waals surface area (Å²) in [6, 6.07) is 3.20. The van der Waals surface area contributed by atoms with E-state index in [0.29, 0.717) is 37.1 Å². The van der Waals surface area contributed by atoms with Crippen LogP contribution in [0, 0.1) is 0 Å². The zero-order valence-corrected chi connectivity index (χ0v) is 22.5. The Labute approximate surface area is 221 Å². The van der Waals surface area contributed by atoms with Crippen LogP contribution in [-0.2, 0) is 23.9 Å². The second kappa shape index (κ2) is 18.0. The zero-order valence-electron chi connectivity index (χ0n) is 20.9. The number of phenols is 1. The lowest BCUT2D eigenvalue weighted by atomic mass is 10.1. The van der Waals surface area contributed by atoms with Crippen LogP contribution < -0.4 is 22.1 Å². The van der Waals surface area contributed by atoms with Gasteiger partial charge in [0.25, 0.3) is 0 Å². The Morgan fingerprint density at radius 3 is 2.33 bits per heavy atom. The Morgan fingerprint density at radius 1 is 1.03 bits per heavy atom. The number of hydrogen-bond acceptors (Lipinski definition) is 10. The number of rotatable bonds is 17. The molecule has 0 aliphatic carbocycles. The molecule has 10 nitrogen and oxygen atoms in total. The molecule has 0 heterocycles. The van der Waals surface area contributed by atoms with E-state index in [1.54, 1.807) is 6.92 Å². The van der Waals surface area contributed by atoms with Crippen molar-refractivity contribution in [3.63, 3.8) is 0 Å². The van der Waals surface area contributed by atoms with E-state index in [1.165, 1.54) is 36.0 Å². The van der Waals surface area contributed by atoms with Crippen molar-refractivity contribution in [1.29, 1.82) is 0 Å². The maximum Gasteiger partial charge on any atom is 0.306 e. The predicted molar refractivity (Wildman–Crippen MR) is 144 cm³/mol. The van der Waals surface area contributed by atoms with E-state index in [4.69, 9.17) is 16.2 Å². The normalized spacial score (nSPS) is 13.3. The maximum atomic E-state index is 13.2. The van der Waals surface area contributed by atoms with Gasteiger partial charge in [-0.1, -0.05) is 30.3 Å². The summed E-state index contributed by atoms with van der Waals surface area (Å²) in [7, 11) is 0. The number of thioether (sulfide) groups is 2. The largest absolute Gasteiger partial charge is 0.508 e. The SMILES string of the molecule is CCOC(=O)CCSC(=O)[C@@H](NC(=O)[C@H](CCSC)NC(=O)[C@@H](N)CCCCN)c1ccc(O)cc1. The molecule has 3 atom stereocenters. The van der Waals surface area contributed by atoms with Crippen LogP contribution in [0.2, 0.25) is 0 Å². The van der Waals surface area contributed by atoms with Crippen LogP contribution in [0.4, 0.5) is 0 Å². The molecule has 0 aliphatic heterocycles. The van der Waals surface area contributed by atoms with Gasteiger partial charge in [0.2, 0.25) is 16.9 Å². The van der Waals surface area contributed by atoms with Crippen molar-refractivity contribution < 1.29 is 29.0 Å². The first-order valence-electron chi connectivity index (χ1n) is 11.9. The summed E-state index contributed by atoms with van der Waals surface area (Å²) in [6.45, 7) is 2.47. The number of aromatic hydroxyl groups is 1. The summed E-state index contributed by atoms with van der Waals surface area (Å²) >= 11 is 2.42. The van der Waals surface area contributed by atoms with Crippen LogP contribution in [0.25, 0.3) is 0 Å². The van der Waals surface area contributed by atoms with E-state index in [0.717, 1.165) is 18.2 Å². The number of hydrogen-bond donors (Lipinski definition) is 5. The highest BCUT2D eigenvalue weighted by Crippen LogP contribution is 2.23. The fourth-order valence-corrected chi connectivity index (χ4v) is 4.47. The molecule has 36 heavy (non-hydrogen) atoms. The Kier molecular flexibility index (Phi) is 15.9. The topological polar surface area (TPSA) is 174 Å². The number of esters is 1. The Bertz CT molecular complexity index is 840. The van der Waals surface area contributed by atoms with E-state index < -0.39 is 35.9 Å². The highest BCUT2D eigenvalue weighted by Gasteiger charge is 2.29. The zero-order chi connectivity index (χ0) is 26.9. The van der Waals surface area contributed by atoms with Crippen molar-refractivity contribution >= 4 is 46.4 Å². The molecule has 0 fully saturated rings. The van der Waals surface area contributed by atoms with Gasteiger partial charge < -0.3 is 31.9 Å². The van der Waals surface area contributed by atoms with E-state index in [2.05, 4.69) is 10.6 Å². The lowest BCUT2D eigenvalue weighted by molar-refractivity contribution is -0.142. The van der Waals surface area contributed by atoms with Gasteiger partial charge in [0.05, 0.1) is 19.1 Å². The number of unbranched alkanes of at least 4 members (excludes halogenated alkanes) is 1. The molecule has 0 aromatic heterocycles. The summed E-state index contributed by atoms with van der Waals surface area (Å²) in [5, 5.41) is 14.7. The van der Waals surface area contributed by atoms with Gasteiger partial charge in [-0.2, -0.15) is 11.8 Å². The number of amides is 2. The summed E-state index contributed by atoms with van der Waals surface area (Å²) in [5.74, 6) is -0.571. The van der Waals surface area contributed by atoms with Crippen molar-refractivity contribution in [2.24, 2.45) is 11.5 Å². The molecule has 0 spiro atoms. The highest BCUT2D eigenvalue weighted by atomic mass is 32.2. The van der Waals surface area contributed by atoms with Gasteiger partial charge in [-0.15, -0.1) is 0 Å². The van der Waals surface area contributed by atoms with E-state index >= 15 is 0 Å². The minimum atomic E-state index is -1.04. The average molecular weight is 543 g/mol. The molecule has 7 N–H and O–H groups in total.